The van der Waals surface area contributed by atoms with Crippen molar-refractivity contribution in [1.82, 2.24) is 14.8 Å². The smallest absolute Gasteiger partial charge is 0.274 e. The van der Waals surface area contributed by atoms with E-state index in [-0.39, 0.29) is 17.6 Å². The zero-order chi connectivity index (χ0) is 15.0. The van der Waals surface area contributed by atoms with Crippen LogP contribution in [0.3, 0.4) is 0 Å². The topological polar surface area (TPSA) is 62.5 Å². The lowest BCUT2D eigenvalue weighted by Gasteiger charge is -2.47. The van der Waals surface area contributed by atoms with Gasteiger partial charge in [0.2, 0.25) is 0 Å². The average Bonchev–Trinajstić information content (AvgIpc) is 2.48. The summed E-state index contributed by atoms with van der Waals surface area (Å²) in [4.78, 5) is 21.3. The van der Waals surface area contributed by atoms with Crippen LogP contribution in [0, 0.1) is 0 Å². The van der Waals surface area contributed by atoms with E-state index in [2.05, 4.69) is 16.8 Å². The number of hydrogen-bond donors (Lipinski definition) is 1. The number of piperazine rings is 1. The van der Waals surface area contributed by atoms with Crippen LogP contribution in [0.1, 0.15) is 36.7 Å². The predicted molar refractivity (Wildman–Crippen MR) is 83.4 cm³/mol. The lowest BCUT2D eigenvalue weighted by Crippen LogP contribution is -2.60. The number of anilines is 1. The van der Waals surface area contributed by atoms with Crippen molar-refractivity contribution < 1.29 is 4.79 Å². The molecule has 1 aromatic heterocycles. The van der Waals surface area contributed by atoms with Crippen LogP contribution in [0.15, 0.2) is 12.1 Å². The number of carbonyl (C=O) groups excluding carboxylic acids is 1. The summed E-state index contributed by atoms with van der Waals surface area (Å²) < 4.78 is 0. The number of hydrogen-bond acceptors (Lipinski definition) is 4. The summed E-state index contributed by atoms with van der Waals surface area (Å²) in [5.74, 6) is 0.219. The predicted octanol–water partition coefficient (Wildman–Crippen LogP) is 2.02. The highest BCUT2D eigenvalue weighted by molar-refractivity contribution is 6.33. The van der Waals surface area contributed by atoms with Gasteiger partial charge in [0, 0.05) is 25.2 Å². The van der Waals surface area contributed by atoms with Crippen molar-refractivity contribution >= 4 is 23.3 Å². The van der Waals surface area contributed by atoms with E-state index < -0.39 is 0 Å². The molecule has 2 N–H and O–H groups in total. The van der Waals surface area contributed by atoms with Gasteiger partial charge in [0.15, 0.2) is 0 Å². The Balaban J connectivity index is 1.82. The maximum Gasteiger partial charge on any atom is 0.274 e. The Morgan fingerprint density at radius 1 is 1.38 bits per heavy atom. The highest BCUT2D eigenvalue weighted by Crippen LogP contribution is 2.26. The Bertz CT molecular complexity index is 550. The van der Waals surface area contributed by atoms with E-state index in [1.807, 2.05) is 4.90 Å². The van der Waals surface area contributed by atoms with Gasteiger partial charge in [-0.15, -0.1) is 0 Å². The van der Waals surface area contributed by atoms with E-state index in [0.717, 1.165) is 26.1 Å². The van der Waals surface area contributed by atoms with Crippen LogP contribution < -0.4 is 5.73 Å². The lowest BCUT2D eigenvalue weighted by molar-refractivity contribution is 0.0148. The summed E-state index contributed by atoms with van der Waals surface area (Å²) in [6, 6.07) is 3.89. The summed E-state index contributed by atoms with van der Waals surface area (Å²) in [6.45, 7) is 4.92. The Labute approximate surface area is 130 Å². The van der Waals surface area contributed by atoms with Crippen LogP contribution in [-0.2, 0) is 0 Å². The van der Waals surface area contributed by atoms with Crippen molar-refractivity contribution in [2.45, 2.75) is 38.3 Å². The Morgan fingerprint density at radius 3 is 3.00 bits per heavy atom. The average molecular weight is 309 g/mol. The second kappa shape index (κ2) is 5.81. The first kappa shape index (κ1) is 14.6. The molecule has 6 heteroatoms. The number of pyridine rings is 1. The molecule has 0 saturated carbocycles. The molecule has 1 aromatic rings. The molecule has 0 bridgehead atoms. The highest BCUT2D eigenvalue weighted by atomic mass is 35.5. The molecule has 114 valence electrons. The highest BCUT2D eigenvalue weighted by Gasteiger charge is 2.36. The van der Waals surface area contributed by atoms with E-state index >= 15 is 0 Å². The number of amides is 1. The number of nitrogens with two attached hydrogens (primary N) is 1. The summed E-state index contributed by atoms with van der Waals surface area (Å²) in [5, 5.41) is 0.368. The molecule has 0 spiro atoms. The van der Waals surface area contributed by atoms with E-state index in [0.29, 0.717) is 16.9 Å². The molecule has 1 amide bonds. The molecule has 2 unspecified atom stereocenters. The molecule has 2 saturated heterocycles. The van der Waals surface area contributed by atoms with Crippen molar-refractivity contribution in [2.75, 3.05) is 25.4 Å². The van der Waals surface area contributed by atoms with Crippen molar-refractivity contribution in [3.63, 3.8) is 0 Å². The quantitative estimate of drug-likeness (QED) is 0.862. The van der Waals surface area contributed by atoms with Gasteiger partial charge in [0.05, 0.1) is 5.02 Å². The largest absolute Gasteiger partial charge is 0.384 e. The van der Waals surface area contributed by atoms with Crippen LogP contribution in [0.5, 0.6) is 0 Å². The van der Waals surface area contributed by atoms with Gasteiger partial charge in [-0.25, -0.2) is 4.98 Å². The Morgan fingerprint density at radius 2 is 2.19 bits per heavy atom. The second-order valence-electron chi connectivity index (χ2n) is 6.02. The van der Waals surface area contributed by atoms with Crippen molar-refractivity contribution in [3.8, 4) is 0 Å². The fourth-order valence-corrected chi connectivity index (χ4v) is 3.56. The zero-order valence-corrected chi connectivity index (χ0v) is 13.0. The fraction of sp³-hybridized carbons (Fsp3) is 0.600. The number of halogens is 1. The van der Waals surface area contributed by atoms with Crippen LogP contribution in [0.2, 0.25) is 5.02 Å². The first-order valence-electron chi connectivity index (χ1n) is 7.53. The van der Waals surface area contributed by atoms with Gasteiger partial charge < -0.3 is 10.6 Å². The molecular weight excluding hydrogens is 288 g/mol. The van der Waals surface area contributed by atoms with E-state index in [9.17, 15) is 4.79 Å². The zero-order valence-electron chi connectivity index (χ0n) is 12.3. The number of nitrogen functional groups attached to an aromatic ring is 1. The van der Waals surface area contributed by atoms with Crippen LogP contribution >= 0.6 is 11.6 Å². The minimum absolute atomic E-state index is 0.106. The first-order chi connectivity index (χ1) is 10.1. The molecule has 5 nitrogen and oxygen atoms in total. The number of nitrogens with zero attached hydrogens (tertiary/aromatic N) is 3. The molecule has 2 aliphatic rings. The maximum absolute atomic E-state index is 12.8. The minimum Gasteiger partial charge on any atom is -0.384 e. The third kappa shape index (κ3) is 2.85. The number of aromatic nitrogens is 1. The fourth-order valence-electron chi connectivity index (χ4n) is 3.38. The molecule has 3 heterocycles. The van der Waals surface area contributed by atoms with Crippen LogP contribution in [0.25, 0.3) is 0 Å². The minimum atomic E-state index is -0.106. The number of piperidine rings is 1. The molecule has 2 fully saturated rings. The van der Waals surface area contributed by atoms with Crippen molar-refractivity contribution in [3.05, 3.63) is 22.8 Å². The molecule has 2 aliphatic heterocycles. The molecule has 3 rings (SSSR count). The van der Waals surface area contributed by atoms with E-state index in [1.54, 1.807) is 12.1 Å². The van der Waals surface area contributed by atoms with Gasteiger partial charge in [0.25, 0.3) is 5.91 Å². The Hall–Kier alpha value is -1.33. The summed E-state index contributed by atoms with van der Waals surface area (Å²) in [5.41, 5.74) is 5.96. The summed E-state index contributed by atoms with van der Waals surface area (Å²) in [7, 11) is 0. The summed E-state index contributed by atoms with van der Waals surface area (Å²) in [6.07, 6.45) is 3.67. The van der Waals surface area contributed by atoms with Crippen molar-refractivity contribution in [1.29, 1.82) is 0 Å². The van der Waals surface area contributed by atoms with Gasteiger partial charge >= 0.3 is 0 Å². The van der Waals surface area contributed by atoms with E-state index in [4.69, 9.17) is 17.3 Å². The normalized spacial score (nSPS) is 26.5. The monoisotopic (exact) mass is 308 g/mol. The maximum atomic E-state index is 12.8. The number of fused-ring (bicyclic) bond motifs is 1. The molecule has 21 heavy (non-hydrogen) atoms. The molecule has 0 aromatic carbocycles. The lowest BCUT2D eigenvalue weighted by atomic mass is 9.97. The van der Waals surface area contributed by atoms with Gasteiger partial charge in [-0.3, -0.25) is 9.69 Å². The first-order valence-corrected chi connectivity index (χ1v) is 7.91. The van der Waals surface area contributed by atoms with Gasteiger partial charge in [0.1, 0.15) is 11.5 Å². The van der Waals surface area contributed by atoms with Crippen LogP contribution in [-0.4, -0.2) is 52.4 Å². The van der Waals surface area contributed by atoms with Crippen molar-refractivity contribution in [2.24, 2.45) is 0 Å². The third-order valence-electron chi connectivity index (χ3n) is 4.52. The number of rotatable bonds is 1. The standard InChI is InChI=1S/C15H21ClN4O/c1-10-8-19-7-3-2-4-11(19)9-20(10)15(21)14-12(16)5-6-13(17)18-14/h5-6,10-11H,2-4,7-9H2,1H3,(H2,17,18). The molecular formula is C15H21ClN4O. The third-order valence-corrected chi connectivity index (χ3v) is 4.82. The Kier molecular flexibility index (Phi) is 4.04. The van der Waals surface area contributed by atoms with Gasteiger partial charge in [-0.1, -0.05) is 18.0 Å². The second-order valence-corrected chi connectivity index (χ2v) is 6.42. The SMILES string of the molecule is CC1CN2CCCCC2CN1C(=O)c1nc(N)ccc1Cl. The number of carbonyl (C=O) groups is 1. The molecule has 0 radical (unpaired) electrons. The molecule has 2 atom stereocenters. The molecule has 0 aliphatic carbocycles. The van der Waals surface area contributed by atoms with Gasteiger partial charge in [-0.05, 0) is 38.4 Å². The van der Waals surface area contributed by atoms with Crippen LogP contribution in [0.4, 0.5) is 5.82 Å². The van der Waals surface area contributed by atoms with Gasteiger partial charge in [-0.2, -0.15) is 0 Å². The summed E-state index contributed by atoms with van der Waals surface area (Å²) >= 11 is 6.12. The van der Waals surface area contributed by atoms with E-state index in [1.165, 1.54) is 12.8 Å².